The fraction of sp³-hybridized carbons (Fsp3) is 0.400. The minimum absolute atomic E-state index is 0.124. The third-order valence-corrected chi connectivity index (χ3v) is 6.82. The second-order valence-corrected chi connectivity index (χ2v) is 7.66. The molecule has 1 aromatic carbocycles. The van der Waals surface area contributed by atoms with E-state index in [0.717, 1.165) is 27.1 Å². The second kappa shape index (κ2) is 7.47. The first-order chi connectivity index (χ1) is 10.1. The van der Waals surface area contributed by atoms with Gasteiger partial charge in [0, 0.05) is 18.7 Å². The van der Waals surface area contributed by atoms with Crippen LogP contribution in [-0.4, -0.2) is 34.8 Å². The van der Waals surface area contributed by atoms with Gasteiger partial charge in [-0.1, -0.05) is 39.8 Å². The van der Waals surface area contributed by atoms with Crippen molar-refractivity contribution in [2.75, 3.05) is 19.7 Å². The van der Waals surface area contributed by atoms with Gasteiger partial charge in [0.05, 0.1) is 11.5 Å². The Bertz CT molecular complexity index is 663. The van der Waals surface area contributed by atoms with Gasteiger partial charge in [-0.25, -0.2) is 0 Å². The molecule has 1 aromatic heterocycles. The molecule has 21 heavy (non-hydrogen) atoms. The van der Waals surface area contributed by atoms with Crippen molar-refractivity contribution >= 4 is 32.9 Å². The van der Waals surface area contributed by atoms with E-state index in [-0.39, 0.29) is 6.61 Å². The standard InChI is InChI=1S/C15H19NO2S3/c1-3-16(6-7-17)9-12-8-11(4-5-13(12)18)14-10(2)15(19)21-20-14/h4-5,8,17-18H,3,6-7,9H2,1-2H3. The molecule has 2 rings (SSSR count). The van der Waals surface area contributed by atoms with E-state index < -0.39 is 0 Å². The minimum atomic E-state index is 0.124. The third kappa shape index (κ3) is 3.90. The lowest BCUT2D eigenvalue weighted by Crippen LogP contribution is -2.26. The van der Waals surface area contributed by atoms with Crippen molar-refractivity contribution in [3.05, 3.63) is 33.1 Å². The number of rotatable bonds is 6. The maximum Gasteiger partial charge on any atom is 0.120 e. The summed E-state index contributed by atoms with van der Waals surface area (Å²) < 4.78 is 0.931. The van der Waals surface area contributed by atoms with Crippen LogP contribution in [0.5, 0.6) is 5.75 Å². The van der Waals surface area contributed by atoms with Crippen LogP contribution < -0.4 is 0 Å². The number of hydrogen-bond acceptors (Lipinski definition) is 6. The zero-order valence-corrected chi connectivity index (χ0v) is 14.6. The second-order valence-electron chi connectivity index (χ2n) is 4.84. The lowest BCUT2D eigenvalue weighted by Gasteiger charge is -2.20. The van der Waals surface area contributed by atoms with Crippen molar-refractivity contribution in [3.63, 3.8) is 0 Å². The molecule has 3 nitrogen and oxygen atoms in total. The van der Waals surface area contributed by atoms with E-state index >= 15 is 0 Å². The molecule has 0 bridgehead atoms. The minimum Gasteiger partial charge on any atom is -0.508 e. The van der Waals surface area contributed by atoms with Crippen LogP contribution >= 0.6 is 32.9 Å². The van der Waals surface area contributed by atoms with Gasteiger partial charge in [-0.05, 0) is 42.8 Å². The quantitative estimate of drug-likeness (QED) is 0.615. The van der Waals surface area contributed by atoms with Gasteiger partial charge in [-0.15, -0.1) is 0 Å². The highest BCUT2D eigenvalue weighted by atomic mass is 32.9. The maximum atomic E-state index is 10.1. The van der Waals surface area contributed by atoms with Gasteiger partial charge in [-0.2, -0.15) is 0 Å². The molecule has 0 aliphatic heterocycles. The average molecular weight is 342 g/mol. The van der Waals surface area contributed by atoms with Gasteiger partial charge in [0.25, 0.3) is 0 Å². The van der Waals surface area contributed by atoms with Crippen molar-refractivity contribution < 1.29 is 10.2 Å². The summed E-state index contributed by atoms with van der Waals surface area (Å²) in [5.41, 5.74) is 3.11. The molecule has 0 radical (unpaired) electrons. The van der Waals surface area contributed by atoms with Gasteiger partial charge < -0.3 is 10.2 Å². The fourth-order valence-electron chi connectivity index (χ4n) is 2.15. The molecule has 114 valence electrons. The van der Waals surface area contributed by atoms with E-state index in [2.05, 4.69) is 4.90 Å². The average Bonchev–Trinajstić information content (AvgIpc) is 2.81. The van der Waals surface area contributed by atoms with Crippen LogP contribution in [0.1, 0.15) is 18.1 Å². The molecule has 0 amide bonds. The molecular weight excluding hydrogens is 322 g/mol. The van der Waals surface area contributed by atoms with Gasteiger partial charge in [-0.3, -0.25) is 4.90 Å². The van der Waals surface area contributed by atoms with Crippen molar-refractivity contribution in [3.8, 4) is 16.2 Å². The van der Waals surface area contributed by atoms with E-state index in [4.69, 9.17) is 17.3 Å². The molecule has 0 spiro atoms. The summed E-state index contributed by atoms with van der Waals surface area (Å²) in [6.07, 6.45) is 0. The topological polar surface area (TPSA) is 43.7 Å². The highest BCUT2D eigenvalue weighted by molar-refractivity contribution is 7.80. The summed E-state index contributed by atoms with van der Waals surface area (Å²) in [7, 11) is 3.29. The van der Waals surface area contributed by atoms with Crippen molar-refractivity contribution in [2.24, 2.45) is 0 Å². The molecule has 1 heterocycles. The Morgan fingerprint density at radius 1 is 1.29 bits per heavy atom. The summed E-state index contributed by atoms with van der Waals surface area (Å²) in [4.78, 5) is 3.28. The Hall–Kier alpha value is -0.790. The Kier molecular flexibility index (Phi) is 5.89. The zero-order chi connectivity index (χ0) is 15.4. The van der Waals surface area contributed by atoms with E-state index in [1.807, 2.05) is 26.0 Å². The first-order valence-electron chi connectivity index (χ1n) is 6.82. The number of likely N-dealkylation sites (N-methyl/N-ethyl adjacent to an activating group) is 1. The number of phenols is 1. The number of aromatic hydroxyl groups is 1. The number of aliphatic hydroxyl groups excluding tert-OH is 1. The van der Waals surface area contributed by atoms with Crippen LogP contribution in [0.2, 0.25) is 0 Å². The molecule has 0 atom stereocenters. The van der Waals surface area contributed by atoms with Crippen LogP contribution in [0.25, 0.3) is 10.4 Å². The monoisotopic (exact) mass is 341 g/mol. The van der Waals surface area contributed by atoms with Crippen molar-refractivity contribution in [1.29, 1.82) is 0 Å². The fourth-order valence-corrected chi connectivity index (χ4v) is 5.04. The third-order valence-electron chi connectivity index (χ3n) is 3.45. The Morgan fingerprint density at radius 2 is 2.05 bits per heavy atom. The van der Waals surface area contributed by atoms with Gasteiger partial charge >= 0.3 is 0 Å². The maximum absolute atomic E-state index is 10.1. The van der Waals surface area contributed by atoms with Gasteiger partial charge in [0.2, 0.25) is 0 Å². The van der Waals surface area contributed by atoms with E-state index in [9.17, 15) is 5.11 Å². The smallest absolute Gasteiger partial charge is 0.120 e. The van der Waals surface area contributed by atoms with E-state index in [0.29, 0.717) is 18.8 Å². The zero-order valence-electron chi connectivity index (χ0n) is 12.1. The summed E-state index contributed by atoms with van der Waals surface area (Å²) in [5.74, 6) is 0.298. The van der Waals surface area contributed by atoms with Crippen LogP contribution in [0.15, 0.2) is 18.2 Å². The Balaban J connectivity index is 2.33. The molecule has 0 unspecified atom stereocenters. The van der Waals surface area contributed by atoms with Gasteiger partial charge in [0.15, 0.2) is 0 Å². The largest absolute Gasteiger partial charge is 0.508 e. The molecule has 0 aliphatic carbocycles. The van der Waals surface area contributed by atoms with Crippen LogP contribution in [-0.2, 0) is 6.54 Å². The lowest BCUT2D eigenvalue weighted by atomic mass is 10.1. The van der Waals surface area contributed by atoms with Crippen LogP contribution in [0, 0.1) is 10.7 Å². The lowest BCUT2D eigenvalue weighted by molar-refractivity contribution is 0.195. The number of phenolic OH excluding ortho intramolecular Hbond substituents is 1. The summed E-state index contributed by atoms with van der Waals surface area (Å²) in [6.45, 7) is 6.29. The molecule has 0 aliphatic rings. The molecule has 0 saturated heterocycles. The number of aliphatic hydroxyl groups is 1. The highest BCUT2D eigenvalue weighted by Gasteiger charge is 2.12. The van der Waals surface area contributed by atoms with Crippen LogP contribution in [0.3, 0.4) is 0 Å². The molecule has 6 heteroatoms. The normalized spacial score (nSPS) is 11.2. The van der Waals surface area contributed by atoms with Crippen LogP contribution in [0.4, 0.5) is 0 Å². The molecule has 0 fully saturated rings. The molecule has 0 saturated carbocycles. The number of hydrogen-bond donors (Lipinski definition) is 2. The number of benzene rings is 1. The Morgan fingerprint density at radius 3 is 2.62 bits per heavy atom. The van der Waals surface area contributed by atoms with E-state index in [1.54, 1.807) is 26.7 Å². The van der Waals surface area contributed by atoms with Crippen molar-refractivity contribution in [2.45, 2.75) is 20.4 Å². The summed E-state index contributed by atoms with van der Waals surface area (Å²) >= 11 is 5.30. The predicted octanol–water partition coefficient (Wildman–Crippen LogP) is 4.03. The first-order valence-corrected chi connectivity index (χ1v) is 9.37. The predicted molar refractivity (Wildman–Crippen MR) is 92.9 cm³/mol. The summed E-state index contributed by atoms with van der Waals surface area (Å²) in [5, 5.41) is 19.1. The highest BCUT2D eigenvalue weighted by Crippen LogP contribution is 2.36. The molecular formula is C15H19NO2S3. The molecule has 2 N–H and O–H groups in total. The Labute approximate surface area is 137 Å². The van der Waals surface area contributed by atoms with Crippen molar-refractivity contribution in [1.82, 2.24) is 4.90 Å². The van der Waals surface area contributed by atoms with Gasteiger partial charge in [0.1, 0.15) is 9.57 Å². The van der Waals surface area contributed by atoms with E-state index in [1.165, 1.54) is 4.88 Å². The molecule has 2 aromatic rings. The SMILES string of the molecule is CCN(CCO)Cc1cc(-c2ssc(=S)c2C)ccc1O. The first kappa shape index (κ1) is 16.6. The number of nitrogens with zero attached hydrogens (tertiary/aromatic N) is 1. The summed E-state index contributed by atoms with van der Waals surface area (Å²) in [6, 6.07) is 5.70.